The number of nitrogens with zero attached hydrogens (tertiary/aromatic N) is 3. The van der Waals surface area contributed by atoms with Crippen LogP contribution in [0, 0.1) is 0 Å². The quantitative estimate of drug-likeness (QED) is 0.434. The Bertz CT molecular complexity index is 295. The van der Waals surface area contributed by atoms with Crippen molar-refractivity contribution in [3.63, 3.8) is 0 Å². The standard InChI is InChI=1S/C6H5N3/c1-2-8-6-5(1)3-7-4-9-6/h1,3-4H,2H2. The van der Waals surface area contributed by atoms with Gasteiger partial charge in [-0.1, -0.05) is 6.08 Å². The molecule has 0 atom stereocenters. The van der Waals surface area contributed by atoms with Gasteiger partial charge in [-0.05, 0) is 0 Å². The van der Waals surface area contributed by atoms with Gasteiger partial charge in [-0.3, -0.25) is 4.99 Å². The summed E-state index contributed by atoms with van der Waals surface area (Å²) in [5.41, 5.74) is 0.824. The second-order valence-corrected chi connectivity index (χ2v) is 1.85. The molecule has 0 aliphatic carbocycles. The predicted octanol–water partition coefficient (Wildman–Crippen LogP) is -1.11. The molecule has 0 amide bonds. The van der Waals surface area contributed by atoms with Crippen LogP contribution in [-0.2, 0) is 0 Å². The summed E-state index contributed by atoms with van der Waals surface area (Å²) in [5.74, 6) is 0. The van der Waals surface area contributed by atoms with Gasteiger partial charge in [-0.15, -0.1) is 0 Å². The van der Waals surface area contributed by atoms with Crippen molar-refractivity contribution in [3.05, 3.63) is 23.2 Å². The zero-order chi connectivity index (χ0) is 6.10. The molecule has 3 nitrogen and oxygen atoms in total. The van der Waals surface area contributed by atoms with E-state index in [-0.39, 0.29) is 0 Å². The highest BCUT2D eigenvalue weighted by Gasteiger charge is 1.91. The zero-order valence-corrected chi connectivity index (χ0v) is 4.78. The van der Waals surface area contributed by atoms with E-state index >= 15 is 0 Å². The lowest BCUT2D eigenvalue weighted by atomic mass is 10.5. The summed E-state index contributed by atoms with van der Waals surface area (Å²) in [7, 11) is 0. The molecule has 2 heterocycles. The first kappa shape index (κ1) is 4.61. The van der Waals surface area contributed by atoms with E-state index in [0.717, 1.165) is 17.3 Å². The van der Waals surface area contributed by atoms with Gasteiger partial charge < -0.3 is 0 Å². The molecule has 0 spiro atoms. The number of rotatable bonds is 0. The van der Waals surface area contributed by atoms with Gasteiger partial charge in [-0.25, -0.2) is 9.97 Å². The van der Waals surface area contributed by atoms with Crippen molar-refractivity contribution in [3.8, 4) is 0 Å². The molecular formula is C6H5N3. The largest absolute Gasteiger partial charge is 0.262 e. The van der Waals surface area contributed by atoms with Crippen LogP contribution in [0.5, 0.6) is 0 Å². The summed E-state index contributed by atoms with van der Waals surface area (Å²) >= 11 is 0. The minimum atomic E-state index is 0.758. The highest BCUT2D eigenvalue weighted by Crippen LogP contribution is 1.72. The Labute approximate surface area is 51.8 Å². The van der Waals surface area contributed by atoms with Gasteiger partial charge in [-0.2, -0.15) is 0 Å². The molecule has 0 radical (unpaired) electrons. The number of hydrogen-bond donors (Lipinski definition) is 0. The molecule has 1 aromatic heterocycles. The average Bonchev–Trinajstić information content (AvgIpc) is 2.33. The highest BCUT2D eigenvalue weighted by molar-refractivity contribution is 5.24. The summed E-state index contributed by atoms with van der Waals surface area (Å²) < 4.78 is 0. The van der Waals surface area contributed by atoms with Gasteiger partial charge in [0.25, 0.3) is 0 Å². The molecule has 3 heteroatoms. The number of aromatic nitrogens is 2. The van der Waals surface area contributed by atoms with Crippen LogP contribution in [0.2, 0.25) is 0 Å². The molecule has 0 unspecified atom stereocenters. The maximum atomic E-state index is 4.09. The van der Waals surface area contributed by atoms with Crippen LogP contribution in [0.15, 0.2) is 17.5 Å². The van der Waals surface area contributed by atoms with Crippen LogP contribution in [0.25, 0.3) is 6.08 Å². The van der Waals surface area contributed by atoms with Crippen LogP contribution in [-0.4, -0.2) is 16.5 Å². The normalized spacial score (nSPS) is 13.8. The van der Waals surface area contributed by atoms with Crippen molar-refractivity contribution < 1.29 is 0 Å². The first-order valence-corrected chi connectivity index (χ1v) is 2.77. The Morgan fingerprint density at radius 2 is 2.44 bits per heavy atom. The lowest BCUT2D eigenvalue weighted by Crippen LogP contribution is -2.24. The molecule has 2 rings (SSSR count). The zero-order valence-electron chi connectivity index (χ0n) is 4.78. The number of hydrogen-bond acceptors (Lipinski definition) is 3. The minimum absolute atomic E-state index is 0.758. The smallest absolute Gasteiger partial charge is 0.157 e. The van der Waals surface area contributed by atoms with Crippen molar-refractivity contribution in [2.24, 2.45) is 4.99 Å². The van der Waals surface area contributed by atoms with Gasteiger partial charge in [0.2, 0.25) is 0 Å². The third-order valence-electron chi connectivity index (χ3n) is 1.27. The van der Waals surface area contributed by atoms with E-state index in [1.807, 2.05) is 6.08 Å². The molecule has 0 aromatic carbocycles. The molecule has 44 valence electrons. The molecule has 0 bridgehead atoms. The van der Waals surface area contributed by atoms with Gasteiger partial charge in [0.1, 0.15) is 6.33 Å². The van der Waals surface area contributed by atoms with Crippen LogP contribution in [0.1, 0.15) is 0 Å². The van der Waals surface area contributed by atoms with E-state index in [2.05, 4.69) is 15.0 Å². The monoisotopic (exact) mass is 119 g/mol. The molecule has 1 aromatic rings. The minimum Gasteiger partial charge on any atom is -0.262 e. The lowest BCUT2D eigenvalue weighted by Gasteiger charge is -1.77. The summed E-state index contributed by atoms with van der Waals surface area (Å²) in [4.78, 5) is 11.9. The Balaban J connectivity index is 2.97. The number of fused-ring (bicyclic) bond motifs is 1. The molecule has 0 saturated carbocycles. The van der Waals surface area contributed by atoms with E-state index in [4.69, 9.17) is 0 Å². The second-order valence-electron chi connectivity index (χ2n) is 1.85. The summed E-state index contributed by atoms with van der Waals surface area (Å²) in [6, 6.07) is 0. The summed E-state index contributed by atoms with van der Waals surface area (Å²) in [5, 5.41) is 1.05. The van der Waals surface area contributed by atoms with Crippen LogP contribution in [0.3, 0.4) is 0 Å². The Morgan fingerprint density at radius 1 is 1.44 bits per heavy atom. The van der Waals surface area contributed by atoms with Crippen molar-refractivity contribution in [2.45, 2.75) is 0 Å². The second kappa shape index (κ2) is 1.62. The van der Waals surface area contributed by atoms with Crippen molar-refractivity contribution >= 4 is 6.08 Å². The molecule has 1 aliphatic heterocycles. The SMILES string of the molecule is C1=c2cncnc2=NC1. The Morgan fingerprint density at radius 3 is 3.33 bits per heavy atom. The van der Waals surface area contributed by atoms with Crippen LogP contribution < -0.4 is 10.7 Å². The Hall–Kier alpha value is -1.25. The van der Waals surface area contributed by atoms with Crippen LogP contribution in [0.4, 0.5) is 0 Å². The van der Waals surface area contributed by atoms with Gasteiger partial charge in [0.05, 0.1) is 6.54 Å². The van der Waals surface area contributed by atoms with Crippen LogP contribution >= 0.6 is 0 Å². The van der Waals surface area contributed by atoms with E-state index in [9.17, 15) is 0 Å². The third kappa shape index (κ3) is 0.614. The van der Waals surface area contributed by atoms with E-state index in [0.29, 0.717) is 0 Å². The lowest BCUT2D eigenvalue weighted by molar-refractivity contribution is 1.04. The van der Waals surface area contributed by atoms with Crippen molar-refractivity contribution in [2.75, 3.05) is 6.54 Å². The third-order valence-corrected chi connectivity index (χ3v) is 1.27. The summed E-state index contributed by atoms with van der Waals surface area (Å²) in [6.45, 7) is 0.758. The van der Waals surface area contributed by atoms with Crippen molar-refractivity contribution in [1.82, 2.24) is 9.97 Å². The average molecular weight is 119 g/mol. The first-order valence-electron chi connectivity index (χ1n) is 2.77. The predicted molar refractivity (Wildman–Crippen MR) is 32.1 cm³/mol. The molecular weight excluding hydrogens is 114 g/mol. The van der Waals surface area contributed by atoms with E-state index < -0.39 is 0 Å². The molecule has 0 N–H and O–H groups in total. The van der Waals surface area contributed by atoms with E-state index in [1.165, 1.54) is 6.33 Å². The fourth-order valence-electron chi connectivity index (χ4n) is 0.840. The van der Waals surface area contributed by atoms with E-state index in [1.54, 1.807) is 6.20 Å². The molecule has 1 aliphatic rings. The maximum absolute atomic E-state index is 4.09. The molecule has 0 fully saturated rings. The first-order chi connectivity index (χ1) is 4.47. The fraction of sp³-hybridized carbons (Fsp3) is 0.167. The maximum Gasteiger partial charge on any atom is 0.157 e. The topological polar surface area (TPSA) is 38.1 Å². The summed E-state index contributed by atoms with van der Waals surface area (Å²) in [6.07, 6.45) is 5.30. The van der Waals surface area contributed by atoms with Gasteiger partial charge in [0, 0.05) is 11.4 Å². The molecule has 9 heavy (non-hydrogen) atoms. The fourth-order valence-corrected chi connectivity index (χ4v) is 0.840. The highest BCUT2D eigenvalue weighted by atomic mass is 14.9. The Kier molecular flexibility index (Phi) is 0.828. The van der Waals surface area contributed by atoms with Gasteiger partial charge in [0.15, 0.2) is 5.49 Å². The van der Waals surface area contributed by atoms with Crippen molar-refractivity contribution in [1.29, 1.82) is 0 Å². The van der Waals surface area contributed by atoms with Gasteiger partial charge >= 0.3 is 0 Å². The molecule has 0 saturated heterocycles.